The Morgan fingerprint density at radius 1 is 1.22 bits per heavy atom. The van der Waals surface area contributed by atoms with E-state index in [-0.39, 0.29) is 5.82 Å². The molecule has 94 valence electrons. The molecule has 2 aliphatic rings. The van der Waals surface area contributed by atoms with Gasteiger partial charge in [0.2, 0.25) is 5.95 Å². The molecule has 2 aromatic rings. The summed E-state index contributed by atoms with van der Waals surface area (Å²) < 4.78 is 15.8. The highest BCUT2D eigenvalue weighted by molar-refractivity contribution is 5.79. The summed E-state index contributed by atoms with van der Waals surface area (Å²) in [7, 11) is 0. The van der Waals surface area contributed by atoms with Crippen molar-refractivity contribution in [2.24, 2.45) is 11.8 Å². The van der Waals surface area contributed by atoms with E-state index in [1.807, 2.05) is 6.07 Å². The summed E-state index contributed by atoms with van der Waals surface area (Å²) in [6.07, 6.45) is 5.09. The largest absolute Gasteiger partial charge is 0.369 e. The fourth-order valence-electron chi connectivity index (χ4n) is 3.10. The van der Waals surface area contributed by atoms with Crippen LogP contribution >= 0.6 is 0 Å². The van der Waals surface area contributed by atoms with Gasteiger partial charge in [-0.15, -0.1) is 0 Å². The van der Waals surface area contributed by atoms with Crippen molar-refractivity contribution in [1.82, 2.24) is 9.55 Å². The van der Waals surface area contributed by atoms with E-state index in [0.717, 1.165) is 17.4 Å². The number of imidazole rings is 1. The van der Waals surface area contributed by atoms with Crippen LogP contribution in [0.3, 0.4) is 0 Å². The van der Waals surface area contributed by atoms with Gasteiger partial charge in [0.05, 0.1) is 5.52 Å². The molecule has 0 aliphatic heterocycles. The molecule has 0 radical (unpaired) electrons. The van der Waals surface area contributed by atoms with Crippen molar-refractivity contribution in [3.8, 4) is 0 Å². The predicted octanol–water partition coefficient (Wildman–Crippen LogP) is 3.12. The maximum atomic E-state index is 13.7. The van der Waals surface area contributed by atoms with Gasteiger partial charge in [-0.1, -0.05) is 6.07 Å². The number of aromatic nitrogens is 2. The Hall–Kier alpha value is -1.58. The van der Waals surface area contributed by atoms with E-state index in [4.69, 9.17) is 5.73 Å². The number of fused-ring (bicyclic) bond motifs is 1. The number of para-hydroxylation sites is 1. The molecule has 2 N–H and O–H groups in total. The molecule has 0 atom stereocenters. The van der Waals surface area contributed by atoms with Crippen LogP contribution in [0.25, 0.3) is 11.0 Å². The van der Waals surface area contributed by atoms with Crippen molar-refractivity contribution in [2.45, 2.75) is 31.7 Å². The Morgan fingerprint density at radius 2 is 1.89 bits per heavy atom. The van der Waals surface area contributed by atoms with E-state index >= 15 is 0 Å². The van der Waals surface area contributed by atoms with Crippen molar-refractivity contribution >= 4 is 17.0 Å². The van der Waals surface area contributed by atoms with E-state index < -0.39 is 0 Å². The fraction of sp³-hybridized carbons (Fsp3) is 0.500. The van der Waals surface area contributed by atoms with Gasteiger partial charge in [0, 0.05) is 6.04 Å². The van der Waals surface area contributed by atoms with E-state index in [1.165, 1.54) is 31.7 Å². The molecular weight excluding hydrogens is 229 g/mol. The number of rotatable bonds is 3. The van der Waals surface area contributed by atoms with Crippen LogP contribution in [0.1, 0.15) is 31.7 Å². The Labute approximate surface area is 105 Å². The third-order valence-corrected chi connectivity index (χ3v) is 4.21. The van der Waals surface area contributed by atoms with Gasteiger partial charge >= 0.3 is 0 Å². The number of benzene rings is 1. The number of nitrogens with zero attached hydrogens (tertiary/aromatic N) is 2. The summed E-state index contributed by atoms with van der Waals surface area (Å²) in [6, 6.07) is 5.56. The molecule has 1 aromatic heterocycles. The Kier molecular flexibility index (Phi) is 1.99. The summed E-state index contributed by atoms with van der Waals surface area (Å²) >= 11 is 0. The normalized spacial score (nSPS) is 19.9. The smallest absolute Gasteiger partial charge is 0.201 e. The van der Waals surface area contributed by atoms with Crippen LogP contribution in [0.2, 0.25) is 0 Å². The second-order valence-corrected chi connectivity index (χ2v) is 5.61. The molecule has 2 fully saturated rings. The lowest BCUT2D eigenvalue weighted by Gasteiger charge is -2.19. The number of nitrogens with two attached hydrogens (primary N) is 1. The number of hydrogen-bond acceptors (Lipinski definition) is 2. The van der Waals surface area contributed by atoms with E-state index in [9.17, 15) is 4.39 Å². The third kappa shape index (κ3) is 1.44. The summed E-state index contributed by atoms with van der Waals surface area (Å²) in [4.78, 5) is 4.22. The first-order chi connectivity index (χ1) is 8.75. The zero-order valence-electron chi connectivity index (χ0n) is 10.1. The second kappa shape index (κ2) is 3.46. The summed E-state index contributed by atoms with van der Waals surface area (Å²) in [5, 5.41) is 0. The molecule has 18 heavy (non-hydrogen) atoms. The Morgan fingerprint density at radius 3 is 2.50 bits per heavy atom. The van der Waals surface area contributed by atoms with Crippen LogP contribution < -0.4 is 5.73 Å². The van der Waals surface area contributed by atoms with Gasteiger partial charge < -0.3 is 10.3 Å². The van der Waals surface area contributed by atoms with Crippen molar-refractivity contribution in [2.75, 3.05) is 5.73 Å². The van der Waals surface area contributed by atoms with E-state index in [2.05, 4.69) is 9.55 Å². The van der Waals surface area contributed by atoms with Gasteiger partial charge in [0.25, 0.3) is 0 Å². The van der Waals surface area contributed by atoms with Gasteiger partial charge in [0.1, 0.15) is 5.52 Å². The van der Waals surface area contributed by atoms with Gasteiger partial charge in [-0.2, -0.15) is 0 Å². The van der Waals surface area contributed by atoms with Gasteiger partial charge in [-0.25, -0.2) is 9.37 Å². The van der Waals surface area contributed by atoms with Crippen LogP contribution in [0, 0.1) is 17.7 Å². The molecule has 0 saturated heterocycles. The van der Waals surface area contributed by atoms with Crippen LogP contribution in [0.5, 0.6) is 0 Å². The maximum Gasteiger partial charge on any atom is 0.201 e. The Bertz CT molecular complexity index is 599. The van der Waals surface area contributed by atoms with Gasteiger partial charge in [-0.05, 0) is 49.7 Å². The lowest BCUT2D eigenvalue weighted by molar-refractivity contribution is 0.409. The molecule has 2 saturated carbocycles. The monoisotopic (exact) mass is 245 g/mol. The first-order valence-electron chi connectivity index (χ1n) is 6.67. The average Bonchev–Trinajstić information content (AvgIpc) is 3.23. The van der Waals surface area contributed by atoms with Crippen molar-refractivity contribution in [3.63, 3.8) is 0 Å². The molecule has 0 spiro atoms. The molecule has 0 bridgehead atoms. The quantitative estimate of drug-likeness (QED) is 0.902. The topological polar surface area (TPSA) is 43.8 Å². The Balaban J connectivity index is 1.92. The lowest BCUT2D eigenvalue weighted by atomic mass is 10.1. The molecule has 4 rings (SSSR count). The zero-order chi connectivity index (χ0) is 12.3. The fourth-order valence-corrected chi connectivity index (χ4v) is 3.10. The minimum absolute atomic E-state index is 0.275. The number of hydrogen-bond donors (Lipinski definition) is 1. The van der Waals surface area contributed by atoms with Gasteiger partial charge in [0.15, 0.2) is 5.82 Å². The SMILES string of the molecule is Nc1nc2c(F)cccc2n1C(C1CC1)C1CC1. The number of anilines is 1. The molecule has 0 unspecified atom stereocenters. The first kappa shape index (κ1) is 10.4. The standard InChI is InChI=1S/C14H16FN3/c15-10-2-1-3-11-12(10)17-14(16)18(11)13(8-4-5-8)9-6-7-9/h1-3,8-9,13H,4-7H2,(H2,16,17). The molecule has 0 amide bonds. The van der Waals surface area contributed by atoms with Gasteiger partial charge in [-0.3, -0.25) is 0 Å². The summed E-state index contributed by atoms with van der Waals surface area (Å²) in [6.45, 7) is 0. The lowest BCUT2D eigenvalue weighted by Crippen LogP contribution is -2.15. The van der Waals surface area contributed by atoms with Crippen molar-refractivity contribution < 1.29 is 4.39 Å². The number of nitrogen functional groups attached to an aromatic ring is 1. The van der Waals surface area contributed by atoms with Crippen molar-refractivity contribution in [3.05, 3.63) is 24.0 Å². The third-order valence-electron chi connectivity index (χ3n) is 4.21. The maximum absolute atomic E-state index is 13.7. The van der Waals surface area contributed by atoms with Crippen molar-refractivity contribution in [1.29, 1.82) is 0 Å². The summed E-state index contributed by atoms with van der Waals surface area (Å²) in [5.74, 6) is 1.64. The first-order valence-corrected chi connectivity index (χ1v) is 6.67. The van der Waals surface area contributed by atoms with E-state index in [0.29, 0.717) is 17.5 Å². The molecule has 1 heterocycles. The van der Waals surface area contributed by atoms with Crippen LogP contribution in [-0.2, 0) is 0 Å². The van der Waals surface area contributed by atoms with E-state index in [1.54, 1.807) is 6.07 Å². The molecule has 1 aromatic carbocycles. The second-order valence-electron chi connectivity index (χ2n) is 5.61. The average molecular weight is 245 g/mol. The minimum Gasteiger partial charge on any atom is -0.369 e. The molecule has 4 heteroatoms. The highest BCUT2D eigenvalue weighted by Gasteiger charge is 2.43. The number of halogens is 1. The molecule has 3 nitrogen and oxygen atoms in total. The minimum atomic E-state index is -0.275. The van der Waals surface area contributed by atoms with Crippen LogP contribution in [0.15, 0.2) is 18.2 Å². The van der Waals surface area contributed by atoms with Crippen LogP contribution in [-0.4, -0.2) is 9.55 Å². The highest BCUT2D eigenvalue weighted by atomic mass is 19.1. The van der Waals surface area contributed by atoms with Crippen LogP contribution in [0.4, 0.5) is 10.3 Å². The highest BCUT2D eigenvalue weighted by Crippen LogP contribution is 2.53. The zero-order valence-corrected chi connectivity index (χ0v) is 10.1. The summed E-state index contributed by atoms with van der Waals surface area (Å²) in [5.41, 5.74) is 7.32. The molecule has 2 aliphatic carbocycles. The molecular formula is C14H16FN3. The predicted molar refractivity (Wildman–Crippen MR) is 68.6 cm³/mol.